The minimum absolute atomic E-state index is 0.305. The summed E-state index contributed by atoms with van der Waals surface area (Å²) in [4.78, 5) is 2.33. The van der Waals surface area contributed by atoms with Gasteiger partial charge in [-0.05, 0) is 45.0 Å². The summed E-state index contributed by atoms with van der Waals surface area (Å²) in [5.41, 5.74) is 6.98. The number of ether oxygens (including phenoxy) is 3. The number of hydrogen-bond acceptors (Lipinski definition) is 5. The van der Waals surface area contributed by atoms with Gasteiger partial charge in [-0.1, -0.05) is 0 Å². The smallest absolute Gasteiger partial charge is 0.203 e. The molecule has 1 heterocycles. The fourth-order valence-electron chi connectivity index (χ4n) is 3.11. The maximum atomic E-state index is 5.87. The van der Waals surface area contributed by atoms with Crippen LogP contribution in [0.15, 0.2) is 12.1 Å². The molecular formula is C16H26N2O3. The van der Waals surface area contributed by atoms with Crippen molar-refractivity contribution in [2.24, 2.45) is 11.7 Å². The molecule has 0 bridgehead atoms. The number of likely N-dealkylation sites (tertiary alicyclic amines) is 1. The summed E-state index contributed by atoms with van der Waals surface area (Å²) >= 11 is 0. The Hall–Kier alpha value is -1.46. The van der Waals surface area contributed by atoms with Crippen LogP contribution < -0.4 is 19.9 Å². The lowest BCUT2D eigenvalue weighted by Gasteiger charge is -2.24. The molecule has 0 aliphatic carbocycles. The summed E-state index contributed by atoms with van der Waals surface area (Å²) in [6, 6.07) is 4.33. The van der Waals surface area contributed by atoms with Gasteiger partial charge in [-0.15, -0.1) is 0 Å². The summed E-state index contributed by atoms with van der Waals surface area (Å²) < 4.78 is 16.8. The van der Waals surface area contributed by atoms with Gasteiger partial charge >= 0.3 is 0 Å². The van der Waals surface area contributed by atoms with Crippen molar-refractivity contribution in [2.45, 2.75) is 19.4 Å². The molecule has 2 atom stereocenters. The molecule has 1 aliphatic heterocycles. The van der Waals surface area contributed by atoms with E-state index in [2.05, 4.69) is 18.0 Å². The summed E-state index contributed by atoms with van der Waals surface area (Å²) in [7, 11) is 5.41. The third kappa shape index (κ3) is 3.09. The second kappa shape index (κ2) is 7.00. The van der Waals surface area contributed by atoms with Crippen LogP contribution in [0.5, 0.6) is 17.2 Å². The highest BCUT2D eigenvalue weighted by atomic mass is 16.5. The predicted octanol–water partition coefficient (Wildman–Crippen LogP) is 2.05. The van der Waals surface area contributed by atoms with Gasteiger partial charge in [-0.25, -0.2) is 0 Å². The van der Waals surface area contributed by atoms with Crippen molar-refractivity contribution in [3.05, 3.63) is 17.7 Å². The average Bonchev–Trinajstić information content (AvgIpc) is 2.88. The maximum absolute atomic E-state index is 5.87. The van der Waals surface area contributed by atoms with E-state index in [-0.39, 0.29) is 0 Å². The van der Waals surface area contributed by atoms with E-state index >= 15 is 0 Å². The molecule has 1 aromatic carbocycles. The van der Waals surface area contributed by atoms with Crippen LogP contribution in [0.25, 0.3) is 0 Å². The molecule has 21 heavy (non-hydrogen) atoms. The van der Waals surface area contributed by atoms with Crippen LogP contribution >= 0.6 is 0 Å². The van der Waals surface area contributed by atoms with Crippen LogP contribution in [0.4, 0.5) is 0 Å². The van der Waals surface area contributed by atoms with Gasteiger partial charge in [0.1, 0.15) is 0 Å². The molecule has 0 amide bonds. The Morgan fingerprint density at radius 1 is 1.24 bits per heavy atom. The summed E-state index contributed by atoms with van der Waals surface area (Å²) in [5.74, 6) is 2.68. The quantitative estimate of drug-likeness (QED) is 0.870. The van der Waals surface area contributed by atoms with Crippen LogP contribution in [-0.2, 0) is 0 Å². The number of nitrogens with zero attached hydrogens (tertiary/aromatic N) is 1. The molecule has 0 saturated carbocycles. The number of benzene rings is 1. The molecule has 5 heteroatoms. The van der Waals surface area contributed by atoms with Gasteiger partial charge in [0.25, 0.3) is 0 Å². The van der Waals surface area contributed by atoms with Crippen LogP contribution in [0.2, 0.25) is 0 Å². The first kappa shape index (κ1) is 15.9. The van der Waals surface area contributed by atoms with Gasteiger partial charge in [0.05, 0.1) is 20.8 Å². The zero-order chi connectivity index (χ0) is 15.4. The van der Waals surface area contributed by atoms with Crippen LogP contribution in [0.3, 0.4) is 0 Å². The van der Waals surface area contributed by atoms with Gasteiger partial charge in [-0.2, -0.15) is 0 Å². The van der Waals surface area contributed by atoms with Crippen molar-refractivity contribution in [3.63, 3.8) is 0 Å². The van der Waals surface area contributed by atoms with Crippen LogP contribution in [0, 0.1) is 5.92 Å². The topological polar surface area (TPSA) is 57.0 Å². The Morgan fingerprint density at radius 3 is 2.52 bits per heavy atom. The summed E-state index contributed by atoms with van der Waals surface area (Å²) in [6.07, 6.45) is 1.04. The molecule has 0 radical (unpaired) electrons. The van der Waals surface area contributed by atoms with Crippen LogP contribution in [-0.4, -0.2) is 45.9 Å². The maximum Gasteiger partial charge on any atom is 0.203 e. The largest absolute Gasteiger partial charge is 0.493 e. The molecule has 5 nitrogen and oxygen atoms in total. The van der Waals surface area contributed by atoms with Crippen molar-refractivity contribution >= 4 is 0 Å². The minimum Gasteiger partial charge on any atom is -0.493 e. The molecule has 1 saturated heterocycles. The minimum atomic E-state index is 0.305. The fraction of sp³-hybridized carbons (Fsp3) is 0.625. The molecule has 2 N–H and O–H groups in total. The molecule has 2 rings (SSSR count). The zero-order valence-electron chi connectivity index (χ0n) is 13.4. The molecule has 1 fully saturated rings. The van der Waals surface area contributed by atoms with E-state index in [1.165, 1.54) is 0 Å². The van der Waals surface area contributed by atoms with E-state index < -0.39 is 0 Å². The third-order valence-corrected chi connectivity index (χ3v) is 4.15. The third-order valence-electron chi connectivity index (χ3n) is 4.15. The van der Waals surface area contributed by atoms with Crippen molar-refractivity contribution in [1.29, 1.82) is 0 Å². The molecule has 0 spiro atoms. The van der Waals surface area contributed by atoms with Gasteiger partial charge in [-0.3, -0.25) is 4.90 Å². The Balaban J connectivity index is 2.43. The molecular weight excluding hydrogens is 268 g/mol. The summed E-state index contributed by atoms with van der Waals surface area (Å²) in [6.45, 7) is 4.30. The van der Waals surface area contributed by atoms with E-state index in [0.717, 1.165) is 30.8 Å². The van der Waals surface area contributed by atoms with E-state index in [1.54, 1.807) is 14.2 Å². The van der Waals surface area contributed by atoms with Crippen LogP contribution in [0.1, 0.15) is 24.9 Å². The standard InChI is InChI=1S/C16H26N2O3/c1-5-21-15-12(6-7-14(19-3)16(15)20-4)13-8-11(9-17)10-18(13)2/h6-7,11,13H,5,8-10,17H2,1-4H3. The van der Waals surface area contributed by atoms with Crippen molar-refractivity contribution in [1.82, 2.24) is 4.90 Å². The first-order valence-corrected chi connectivity index (χ1v) is 7.44. The van der Waals surface area contributed by atoms with Gasteiger partial charge in [0.2, 0.25) is 5.75 Å². The molecule has 118 valence electrons. The van der Waals surface area contributed by atoms with E-state index in [0.29, 0.717) is 30.1 Å². The van der Waals surface area contributed by atoms with E-state index in [1.807, 2.05) is 13.0 Å². The van der Waals surface area contributed by atoms with Gasteiger partial charge in [0.15, 0.2) is 11.5 Å². The lowest BCUT2D eigenvalue weighted by Crippen LogP contribution is -2.21. The Morgan fingerprint density at radius 2 is 2.00 bits per heavy atom. The molecule has 1 aromatic rings. The summed E-state index contributed by atoms with van der Waals surface area (Å²) in [5, 5.41) is 0. The van der Waals surface area contributed by atoms with Crippen molar-refractivity contribution < 1.29 is 14.2 Å². The average molecular weight is 294 g/mol. The first-order chi connectivity index (χ1) is 10.2. The Labute approximate surface area is 127 Å². The lowest BCUT2D eigenvalue weighted by atomic mass is 9.98. The molecule has 2 unspecified atom stereocenters. The monoisotopic (exact) mass is 294 g/mol. The van der Waals surface area contributed by atoms with Crippen molar-refractivity contribution in [3.8, 4) is 17.2 Å². The SMILES string of the molecule is CCOc1c(C2CC(CN)CN2C)ccc(OC)c1OC. The van der Waals surface area contributed by atoms with Gasteiger partial charge in [0, 0.05) is 18.2 Å². The second-order valence-electron chi connectivity index (χ2n) is 5.45. The predicted molar refractivity (Wildman–Crippen MR) is 83.2 cm³/mol. The number of hydrogen-bond donors (Lipinski definition) is 1. The van der Waals surface area contributed by atoms with Crippen molar-refractivity contribution in [2.75, 3.05) is 41.0 Å². The molecule has 1 aliphatic rings. The number of methoxy groups -OCH3 is 2. The number of rotatable bonds is 6. The van der Waals surface area contributed by atoms with E-state index in [4.69, 9.17) is 19.9 Å². The fourth-order valence-corrected chi connectivity index (χ4v) is 3.11. The highest BCUT2D eigenvalue weighted by Gasteiger charge is 2.33. The second-order valence-corrected chi connectivity index (χ2v) is 5.45. The number of nitrogens with two attached hydrogens (primary N) is 1. The normalized spacial score (nSPS) is 22.3. The van der Waals surface area contributed by atoms with E-state index in [9.17, 15) is 0 Å². The Bertz CT molecular complexity index is 479. The van der Waals surface area contributed by atoms with Gasteiger partial charge < -0.3 is 19.9 Å². The molecule has 0 aromatic heterocycles. The first-order valence-electron chi connectivity index (χ1n) is 7.44. The lowest BCUT2D eigenvalue weighted by molar-refractivity contribution is 0.271. The zero-order valence-corrected chi connectivity index (χ0v) is 13.4. The Kier molecular flexibility index (Phi) is 5.31. The highest BCUT2D eigenvalue weighted by molar-refractivity contribution is 5.57. The highest BCUT2D eigenvalue weighted by Crippen LogP contribution is 2.46.